The van der Waals surface area contributed by atoms with E-state index in [1.165, 1.54) is 0 Å². The highest BCUT2D eigenvalue weighted by Gasteiger charge is 2.39. The molecule has 0 aliphatic carbocycles. The van der Waals surface area contributed by atoms with E-state index < -0.39 is 6.04 Å². The minimum absolute atomic E-state index is 0.00956. The highest BCUT2D eigenvalue weighted by atomic mass is 35.5. The van der Waals surface area contributed by atoms with Gasteiger partial charge in [0.1, 0.15) is 12.6 Å². The molecule has 3 fully saturated rings. The Kier molecular flexibility index (Phi) is 5.44. The monoisotopic (exact) mass is 405 g/mol. The quantitative estimate of drug-likeness (QED) is 0.774. The fraction of sp³-hybridized carbons (Fsp3) is 0.550. The second-order valence-corrected chi connectivity index (χ2v) is 7.97. The fourth-order valence-corrected chi connectivity index (χ4v) is 4.59. The molecule has 1 atom stereocenters. The maximum atomic E-state index is 13.1. The zero-order chi connectivity index (χ0) is 19.7. The number of hydrogen-bond acceptors (Lipinski definition) is 4. The fourth-order valence-electron chi connectivity index (χ4n) is 4.40. The molecule has 0 saturated carbocycles. The molecule has 3 saturated heterocycles. The summed E-state index contributed by atoms with van der Waals surface area (Å²) in [5.41, 5.74) is 0.512. The number of rotatable bonds is 3. The number of benzene rings is 1. The molecule has 0 aromatic heterocycles. The zero-order valence-electron chi connectivity index (χ0n) is 15.7. The highest BCUT2D eigenvalue weighted by molar-refractivity contribution is 6.31. The van der Waals surface area contributed by atoms with Gasteiger partial charge in [0.2, 0.25) is 5.91 Å². The minimum atomic E-state index is -0.417. The van der Waals surface area contributed by atoms with Gasteiger partial charge in [-0.2, -0.15) is 0 Å². The second kappa shape index (κ2) is 7.99. The van der Waals surface area contributed by atoms with E-state index in [0.717, 1.165) is 19.3 Å². The van der Waals surface area contributed by atoms with E-state index in [2.05, 4.69) is 0 Å². The largest absolute Gasteiger partial charge is 0.448 e. The molecule has 0 bridgehead atoms. The number of ether oxygens (including phenoxy) is 1. The summed E-state index contributed by atoms with van der Waals surface area (Å²) in [5, 5.41) is 0.510. The summed E-state index contributed by atoms with van der Waals surface area (Å²) in [6.45, 7) is 2.85. The van der Waals surface area contributed by atoms with Crippen LogP contribution < -0.4 is 0 Å². The van der Waals surface area contributed by atoms with Crippen molar-refractivity contribution in [1.82, 2.24) is 14.7 Å². The first kappa shape index (κ1) is 19.1. The first-order chi connectivity index (χ1) is 13.5. The van der Waals surface area contributed by atoms with Crippen molar-refractivity contribution in [3.63, 3.8) is 0 Å². The van der Waals surface area contributed by atoms with Crippen molar-refractivity contribution < 1.29 is 19.1 Å². The molecule has 0 unspecified atom stereocenters. The summed E-state index contributed by atoms with van der Waals surface area (Å²) in [4.78, 5) is 43.0. The number of likely N-dealkylation sites (tertiary alicyclic amines) is 2. The molecule has 4 rings (SSSR count). The number of amides is 3. The summed E-state index contributed by atoms with van der Waals surface area (Å²) in [5.74, 6) is -0.136. The SMILES string of the molecule is O=C([C@H]1CCCN1C(=O)c1cccc(Cl)c1)N1CCC(N2CCOC2=O)CC1. The Labute approximate surface area is 169 Å². The lowest BCUT2D eigenvalue weighted by Crippen LogP contribution is -2.52. The van der Waals surface area contributed by atoms with Gasteiger partial charge in [-0.15, -0.1) is 0 Å². The molecule has 8 heteroatoms. The average molecular weight is 406 g/mol. The van der Waals surface area contributed by atoms with E-state index in [0.29, 0.717) is 49.8 Å². The maximum Gasteiger partial charge on any atom is 0.410 e. The third-order valence-corrected chi connectivity index (χ3v) is 6.11. The maximum absolute atomic E-state index is 13.1. The average Bonchev–Trinajstić information content (AvgIpc) is 3.36. The molecule has 7 nitrogen and oxygen atoms in total. The van der Waals surface area contributed by atoms with Gasteiger partial charge < -0.3 is 19.4 Å². The number of hydrogen-bond donors (Lipinski definition) is 0. The van der Waals surface area contributed by atoms with Gasteiger partial charge in [-0.05, 0) is 43.9 Å². The van der Waals surface area contributed by atoms with Gasteiger partial charge in [-0.1, -0.05) is 17.7 Å². The van der Waals surface area contributed by atoms with Gasteiger partial charge in [0.15, 0.2) is 0 Å². The van der Waals surface area contributed by atoms with Crippen LogP contribution in [0.4, 0.5) is 4.79 Å². The van der Waals surface area contributed by atoms with Crippen LogP contribution in [0, 0.1) is 0 Å². The first-order valence-electron chi connectivity index (χ1n) is 9.83. The van der Waals surface area contributed by atoms with Crippen LogP contribution in [0.1, 0.15) is 36.0 Å². The Morgan fingerprint density at radius 3 is 2.54 bits per heavy atom. The molecular weight excluding hydrogens is 382 g/mol. The van der Waals surface area contributed by atoms with Crippen molar-refractivity contribution in [2.45, 2.75) is 37.8 Å². The Morgan fingerprint density at radius 1 is 1.07 bits per heavy atom. The molecule has 1 aromatic rings. The zero-order valence-corrected chi connectivity index (χ0v) is 16.4. The molecule has 1 aromatic carbocycles. The van der Waals surface area contributed by atoms with Gasteiger partial charge in [0, 0.05) is 36.3 Å². The van der Waals surface area contributed by atoms with Crippen LogP contribution in [-0.4, -0.2) is 77.5 Å². The molecule has 3 amide bonds. The van der Waals surface area contributed by atoms with Crippen LogP contribution in [0.25, 0.3) is 0 Å². The van der Waals surface area contributed by atoms with Crippen molar-refractivity contribution in [2.24, 2.45) is 0 Å². The van der Waals surface area contributed by atoms with Crippen molar-refractivity contribution in [2.75, 3.05) is 32.8 Å². The van der Waals surface area contributed by atoms with Crippen molar-refractivity contribution in [3.8, 4) is 0 Å². The number of cyclic esters (lactones) is 1. The Bertz CT molecular complexity index is 778. The van der Waals surface area contributed by atoms with E-state index in [-0.39, 0.29) is 23.9 Å². The molecule has 3 aliphatic rings. The van der Waals surface area contributed by atoms with E-state index in [9.17, 15) is 14.4 Å². The molecule has 0 spiro atoms. The van der Waals surface area contributed by atoms with Gasteiger partial charge in [0.25, 0.3) is 5.91 Å². The van der Waals surface area contributed by atoms with Crippen LogP contribution in [0.3, 0.4) is 0 Å². The van der Waals surface area contributed by atoms with Crippen molar-refractivity contribution >= 4 is 29.5 Å². The van der Waals surface area contributed by atoms with Crippen LogP contribution >= 0.6 is 11.6 Å². The Morgan fingerprint density at radius 2 is 1.86 bits per heavy atom. The van der Waals surface area contributed by atoms with Crippen LogP contribution in [-0.2, 0) is 9.53 Å². The molecule has 0 N–H and O–H groups in total. The number of carbonyl (C=O) groups excluding carboxylic acids is 3. The molecule has 0 radical (unpaired) electrons. The van der Waals surface area contributed by atoms with Gasteiger partial charge in [0.05, 0.1) is 6.54 Å². The van der Waals surface area contributed by atoms with Gasteiger partial charge >= 0.3 is 6.09 Å². The summed E-state index contributed by atoms with van der Waals surface area (Å²) in [6, 6.07) is 6.56. The van der Waals surface area contributed by atoms with Crippen LogP contribution in [0.2, 0.25) is 5.02 Å². The minimum Gasteiger partial charge on any atom is -0.448 e. The van der Waals surface area contributed by atoms with Crippen molar-refractivity contribution in [1.29, 1.82) is 0 Å². The molecule has 3 heterocycles. The predicted molar refractivity (Wildman–Crippen MR) is 103 cm³/mol. The number of carbonyl (C=O) groups is 3. The predicted octanol–water partition coefficient (Wildman–Crippen LogP) is 2.39. The third-order valence-electron chi connectivity index (χ3n) is 5.88. The normalized spacial score (nSPS) is 23.2. The topological polar surface area (TPSA) is 70.2 Å². The van der Waals surface area contributed by atoms with Crippen LogP contribution in [0.15, 0.2) is 24.3 Å². The summed E-state index contributed by atoms with van der Waals surface area (Å²) in [6.07, 6.45) is 2.74. The van der Waals surface area contributed by atoms with E-state index in [1.54, 1.807) is 34.1 Å². The summed E-state index contributed by atoms with van der Waals surface area (Å²) >= 11 is 6.01. The molecular formula is C20H24ClN3O4. The molecule has 150 valence electrons. The van der Waals surface area contributed by atoms with E-state index in [1.807, 2.05) is 4.90 Å². The van der Waals surface area contributed by atoms with E-state index in [4.69, 9.17) is 16.3 Å². The molecule has 28 heavy (non-hydrogen) atoms. The van der Waals surface area contributed by atoms with Crippen LogP contribution in [0.5, 0.6) is 0 Å². The highest BCUT2D eigenvalue weighted by Crippen LogP contribution is 2.26. The number of halogens is 1. The lowest BCUT2D eigenvalue weighted by molar-refractivity contribution is -0.136. The Balaban J connectivity index is 1.39. The number of nitrogens with zero attached hydrogens (tertiary/aromatic N) is 3. The smallest absolute Gasteiger partial charge is 0.410 e. The van der Waals surface area contributed by atoms with Gasteiger partial charge in [-0.3, -0.25) is 9.59 Å². The van der Waals surface area contributed by atoms with Crippen molar-refractivity contribution in [3.05, 3.63) is 34.9 Å². The standard InChI is InChI=1S/C20H24ClN3O4/c21-15-4-1-3-14(13-15)18(25)24-8-2-5-17(24)19(26)22-9-6-16(7-10-22)23-11-12-28-20(23)27/h1,3-4,13,16-17H,2,5-12H2/t17-/m1/s1. The molecule has 3 aliphatic heterocycles. The van der Waals surface area contributed by atoms with Gasteiger partial charge in [-0.25, -0.2) is 4.79 Å². The Hall–Kier alpha value is -2.28. The third kappa shape index (κ3) is 3.68. The summed E-state index contributed by atoms with van der Waals surface area (Å²) in [7, 11) is 0. The summed E-state index contributed by atoms with van der Waals surface area (Å²) < 4.78 is 5.02. The number of piperidine rings is 1. The lowest BCUT2D eigenvalue weighted by Gasteiger charge is -2.37. The lowest BCUT2D eigenvalue weighted by atomic mass is 10.0. The second-order valence-electron chi connectivity index (χ2n) is 7.53. The first-order valence-corrected chi connectivity index (χ1v) is 10.2. The van der Waals surface area contributed by atoms with E-state index >= 15 is 0 Å².